The number of urea groups is 1. The summed E-state index contributed by atoms with van der Waals surface area (Å²) in [6.45, 7) is 3.42. The zero-order valence-electron chi connectivity index (χ0n) is 15.3. The lowest BCUT2D eigenvalue weighted by Gasteiger charge is -2.26. The highest BCUT2D eigenvalue weighted by Crippen LogP contribution is 2.23. The maximum Gasteiger partial charge on any atom is 0.325 e. The predicted molar refractivity (Wildman–Crippen MR) is 100.0 cm³/mol. The monoisotopic (exact) mass is 369 g/mol. The molecule has 0 saturated carbocycles. The van der Waals surface area contributed by atoms with Crippen LogP contribution in [0.15, 0.2) is 42.5 Å². The van der Waals surface area contributed by atoms with Gasteiger partial charge >= 0.3 is 6.03 Å². The average Bonchev–Trinajstić information content (AvgIpc) is 2.94. The van der Waals surface area contributed by atoms with Crippen LogP contribution in [0.1, 0.15) is 25.8 Å². The Morgan fingerprint density at radius 1 is 1.19 bits per heavy atom. The van der Waals surface area contributed by atoms with E-state index in [9.17, 15) is 14.4 Å². The highest BCUT2D eigenvalue weighted by atomic mass is 16.5. The highest BCUT2D eigenvalue weighted by Gasteiger charge is 2.45. The van der Waals surface area contributed by atoms with Crippen LogP contribution in [0.5, 0.6) is 0 Å². The van der Waals surface area contributed by atoms with E-state index in [4.69, 9.17) is 5.21 Å². The number of aryl methyl sites for hydroxylation is 1. The minimum atomic E-state index is -1.05. The van der Waals surface area contributed by atoms with Gasteiger partial charge in [0, 0.05) is 0 Å². The van der Waals surface area contributed by atoms with Crippen LogP contribution in [0.3, 0.4) is 0 Å². The molecule has 2 unspecified atom stereocenters. The summed E-state index contributed by atoms with van der Waals surface area (Å²) < 4.78 is 0. The Balaban J connectivity index is 1.76. The van der Waals surface area contributed by atoms with Crippen LogP contribution in [-0.4, -0.2) is 40.0 Å². The first-order valence-electron chi connectivity index (χ1n) is 8.98. The number of carbonyl (C=O) groups excluding carboxylic acids is 3. The molecule has 4 amide bonds. The lowest BCUT2D eigenvalue weighted by Crippen LogP contribution is -2.52. The van der Waals surface area contributed by atoms with Crippen molar-refractivity contribution in [2.24, 2.45) is 5.92 Å². The summed E-state index contributed by atoms with van der Waals surface area (Å²) in [5, 5.41) is 13.8. The Labute approximate surface area is 157 Å². The number of benzene rings is 2. The Hall–Kier alpha value is -2.93. The minimum absolute atomic E-state index is 0.330. The van der Waals surface area contributed by atoms with Crippen molar-refractivity contribution < 1.29 is 19.6 Å². The fourth-order valence-corrected chi connectivity index (χ4v) is 3.60. The van der Waals surface area contributed by atoms with Gasteiger partial charge in [0.05, 0.1) is 0 Å². The van der Waals surface area contributed by atoms with E-state index in [1.165, 1.54) is 0 Å². The van der Waals surface area contributed by atoms with Crippen molar-refractivity contribution in [3.8, 4) is 0 Å². The van der Waals surface area contributed by atoms with Gasteiger partial charge in [0.1, 0.15) is 12.1 Å². The number of nitrogens with zero attached hydrogens (tertiary/aromatic N) is 1. The summed E-state index contributed by atoms with van der Waals surface area (Å²) >= 11 is 0. The number of nitrogens with one attached hydrogen (secondary N) is 2. The van der Waals surface area contributed by atoms with Crippen LogP contribution in [0.25, 0.3) is 10.8 Å². The van der Waals surface area contributed by atoms with E-state index in [0.29, 0.717) is 12.8 Å². The second kappa shape index (κ2) is 7.75. The average molecular weight is 369 g/mol. The molecule has 7 heteroatoms. The number of carbonyl (C=O) groups is 3. The fraction of sp³-hybridized carbons (Fsp3) is 0.350. The van der Waals surface area contributed by atoms with E-state index >= 15 is 0 Å². The number of hydrogen-bond donors (Lipinski definition) is 3. The molecule has 3 rings (SSSR count). The first-order valence-corrected chi connectivity index (χ1v) is 8.98. The molecule has 27 heavy (non-hydrogen) atoms. The molecule has 3 N–H and O–H groups in total. The summed E-state index contributed by atoms with van der Waals surface area (Å²) in [7, 11) is 0. The molecule has 2 aromatic rings. The van der Waals surface area contributed by atoms with E-state index < -0.39 is 29.9 Å². The first-order chi connectivity index (χ1) is 12.9. The second-order valence-corrected chi connectivity index (χ2v) is 7.05. The fourth-order valence-electron chi connectivity index (χ4n) is 3.60. The molecule has 142 valence electrons. The van der Waals surface area contributed by atoms with E-state index in [-0.39, 0.29) is 5.92 Å². The Morgan fingerprint density at radius 2 is 1.89 bits per heavy atom. The number of fused-ring (bicyclic) bond motifs is 1. The lowest BCUT2D eigenvalue weighted by atomic mass is 9.98. The van der Waals surface area contributed by atoms with Gasteiger partial charge in [-0.25, -0.2) is 15.2 Å². The molecular weight excluding hydrogens is 346 g/mol. The van der Waals surface area contributed by atoms with Crippen molar-refractivity contribution in [3.63, 3.8) is 0 Å². The predicted octanol–water partition coefficient (Wildman–Crippen LogP) is 2.22. The zero-order valence-corrected chi connectivity index (χ0v) is 15.3. The van der Waals surface area contributed by atoms with Crippen LogP contribution in [0, 0.1) is 5.92 Å². The molecule has 2 atom stereocenters. The van der Waals surface area contributed by atoms with Gasteiger partial charge in [0.2, 0.25) is 0 Å². The van der Waals surface area contributed by atoms with Crippen molar-refractivity contribution >= 4 is 28.6 Å². The Kier molecular flexibility index (Phi) is 5.41. The molecule has 1 saturated heterocycles. The quantitative estimate of drug-likeness (QED) is 0.413. The molecule has 0 radical (unpaired) electrons. The van der Waals surface area contributed by atoms with Crippen molar-refractivity contribution in [3.05, 3.63) is 48.0 Å². The first kappa shape index (κ1) is 18.8. The molecule has 0 spiro atoms. The lowest BCUT2D eigenvalue weighted by molar-refractivity contribution is -0.142. The molecule has 0 aromatic heterocycles. The van der Waals surface area contributed by atoms with Crippen LogP contribution in [0.4, 0.5) is 4.79 Å². The third kappa shape index (κ3) is 3.64. The van der Waals surface area contributed by atoms with Crippen molar-refractivity contribution in [2.75, 3.05) is 0 Å². The summed E-state index contributed by atoms with van der Waals surface area (Å²) in [6.07, 6.45) is 1.05. The molecule has 0 aliphatic carbocycles. The van der Waals surface area contributed by atoms with E-state index in [1.54, 1.807) is 19.3 Å². The van der Waals surface area contributed by atoms with Crippen molar-refractivity contribution in [2.45, 2.75) is 38.8 Å². The van der Waals surface area contributed by atoms with Crippen molar-refractivity contribution in [1.29, 1.82) is 0 Å². The number of rotatable bonds is 6. The Bertz CT molecular complexity index is 875. The molecule has 2 aromatic carbocycles. The smallest absolute Gasteiger partial charge is 0.325 e. The van der Waals surface area contributed by atoms with Gasteiger partial charge in [0.15, 0.2) is 0 Å². The maximum absolute atomic E-state index is 12.7. The minimum Gasteiger partial charge on any atom is -0.326 e. The number of hydrogen-bond acceptors (Lipinski definition) is 4. The number of hydroxylamine groups is 1. The maximum atomic E-state index is 12.7. The van der Waals surface area contributed by atoms with E-state index in [2.05, 4.69) is 5.32 Å². The third-order valence-electron chi connectivity index (χ3n) is 4.92. The van der Waals surface area contributed by atoms with E-state index in [1.807, 2.05) is 42.5 Å². The zero-order chi connectivity index (χ0) is 19.6. The van der Waals surface area contributed by atoms with Crippen LogP contribution < -0.4 is 10.8 Å². The highest BCUT2D eigenvalue weighted by molar-refractivity contribution is 6.07. The largest absolute Gasteiger partial charge is 0.326 e. The summed E-state index contributed by atoms with van der Waals surface area (Å²) in [5.74, 6) is -1.55. The van der Waals surface area contributed by atoms with Gasteiger partial charge in [0.25, 0.3) is 11.8 Å². The normalized spacial score (nSPS) is 18.1. The van der Waals surface area contributed by atoms with Gasteiger partial charge in [-0.15, -0.1) is 0 Å². The van der Waals surface area contributed by atoms with Gasteiger partial charge in [-0.1, -0.05) is 56.3 Å². The van der Waals surface area contributed by atoms with Crippen molar-refractivity contribution in [1.82, 2.24) is 15.7 Å². The van der Waals surface area contributed by atoms with Gasteiger partial charge in [-0.2, -0.15) is 0 Å². The number of imide groups is 1. The molecular formula is C20H23N3O4. The van der Waals surface area contributed by atoms with Gasteiger partial charge in [-0.05, 0) is 35.1 Å². The summed E-state index contributed by atoms with van der Waals surface area (Å²) in [6, 6.07) is 11.7. The summed E-state index contributed by atoms with van der Waals surface area (Å²) in [5.41, 5.74) is 2.64. The van der Waals surface area contributed by atoms with Gasteiger partial charge in [-0.3, -0.25) is 14.8 Å². The van der Waals surface area contributed by atoms with Crippen LogP contribution in [-0.2, 0) is 16.0 Å². The van der Waals surface area contributed by atoms with Gasteiger partial charge < -0.3 is 5.32 Å². The summed E-state index contributed by atoms with van der Waals surface area (Å²) in [4.78, 5) is 37.9. The molecule has 1 heterocycles. The Morgan fingerprint density at radius 3 is 2.59 bits per heavy atom. The third-order valence-corrected chi connectivity index (χ3v) is 4.92. The topological polar surface area (TPSA) is 98.7 Å². The molecule has 1 fully saturated rings. The van der Waals surface area contributed by atoms with Crippen LogP contribution >= 0.6 is 0 Å². The number of amides is 4. The molecule has 1 aliphatic rings. The molecule has 0 bridgehead atoms. The standard InChI is InChI=1S/C20H23N3O4/c1-12(2)17(18(24)22-27)23-19(25)16(21-20(23)26)11-10-14-8-5-7-13-6-3-4-9-15(13)14/h3-9,12,16-17,27H,10-11H2,1-2H3,(H,21,26)(H,22,24). The SMILES string of the molecule is CC(C)C(C(=O)NO)N1C(=O)NC(CCc2cccc3ccccc23)C1=O. The second-order valence-electron chi connectivity index (χ2n) is 7.05. The molecule has 7 nitrogen and oxygen atoms in total. The molecule has 1 aliphatic heterocycles. The van der Waals surface area contributed by atoms with Crippen LogP contribution in [0.2, 0.25) is 0 Å². The van der Waals surface area contributed by atoms with E-state index in [0.717, 1.165) is 21.2 Å².